The summed E-state index contributed by atoms with van der Waals surface area (Å²) in [5.74, 6) is 1.06. The molecule has 0 bridgehead atoms. The molecule has 0 radical (unpaired) electrons. The molecule has 7 nitrogen and oxygen atoms in total. The average molecular weight is 428 g/mol. The summed E-state index contributed by atoms with van der Waals surface area (Å²) >= 11 is 0. The second kappa shape index (κ2) is 7.62. The summed E-state index contributed by atoms with van der Waals surface area (Å²) in [6, 6.07) is 12.4. The number of ether oxygens (including phenoxy) is 1. The number of phenolic OH excluding ortho intramolecular Hbond substituents is 1. The molecular formula is C25H25N5O2. The first-order chi connectivity index (χ1) is 15.7. The second-order valence-corrected chi connectivity index (χ2v) is 8.52. The number of aromatic hydroxyl groups is 1. The van der Waals surface area contributed by atoms with E-state index in [1.165, 1.54) is 5.57 Å². The van der Waals surface area contributed by atoms with Gasteiger partial charge in [0.1, 0.15) is 11.4 Å². The Morgan fingerprint density at radius 2 is 2.09 bits per heavy atom. The number of H-pyrrole nitrogens is 2. The fourth-order valence-corrected chi connectivity index (χ4v) is 4.61. The normalized spacial score (nSPS) is 17.1. The molecule has 6 rings (SSSR count). The number of hydrogen-bond acceptors (Lipinski definition) is 5. The average Bonchev–Trinajstić information content (AvgIpc) is 3.51. The first kappa shape index (κ1) is 19.3. The highest BCUT2D eigenvalue weighted by atomic mass is 16.5. The fourth-order valence-electron chi connectivity index (χ4n) is 4.61. The maximum atomic E-state index is 9.82. The van der Waals surface area contributed by atoms with Gasteiger partial charge in [0.25, 0.3) is 0 Å². The molecule has 2 aliphatic heterocycles. The van der Waals surface area contributed by atoms with Crippen molar-refractivity contribution < 1.29 is 9.84 Å². The third kappa shape index (κ3) is 3.21. The van der Waals surface area contributed by atoms with Gasteiger partial charge < -0.3 is 14.8 Å². The summed E-state index contributed by atoms with van der Waals surface area (Å²) in [6.07, 6.45) is 5.03. The van der Waals surface area contributed by atoms with Crippen molar-refractivity contribution in [2.24, 2.45) is 0 Å². The van der Waals surface area contributed by atoms with Crippen LogP contribution in [0.2, 0.25) is 0 Å². The highest BCUT2D eigenvalue weighted by Crippen LogP contribution is 2.33. The van der Waals surface area contributed by atoms with E-state index >= 15 is 0 Å². The molecule has 7 heteroatoms. The van der Waals surface area contributed by atoms with Crippen molar-refractivity contribution in [3.63, 3.8) is 0 Å². The number of fused-ring (bicyclic) bond motifs is 1. The van der Waals surface area contributed by atoms with E-state index in [2.05, 4.69) is 56.3 Å². The van der Waals surface area contributed by atoms with E-state index in [1.54, 1.807) is 6.07 Å². The van der Waals surface area contributed by atoms with Crippen LogP contribution in [0.5, 0.6) is 5.75 Å². The van der Waals surface area contributed by atoms with Crippen LogP contribution in [0.3, 0.4) is 0 Å². The van der Waals surface area contributed by atoms with Crippen molar-refractivity contribution in [1.29, 1.82) is 0 Å². The van der Waals surface area contributed by atoms with E-state index < -0.39 is 0 Å². The Labute approximate surface area is 185 Å². The monoisotopic (exact) mass is 427 g/mol. The first-order valence-electron chi connectivity index (χ1n) is 11.1. The molecular weight excluding hydrogens is 402 g/mol. The molecule has 162 valence electrons. The maximum absolute atomic E-state index is 9.82. The summed E-state index contributed by atoms with van der Waals surface area (Å²) in [4.78, 5) is 10.5. The number of aryl methyl sites for hydroxylation is 1. The van der Waals surface area contributed by atoms with Crippen molar-refractivity contribution in [1.82, 2.24) is 25.1 Å². The van der Waals surface area contributed by atoms with Gasteiger partial charge in [-0.1, -0.05) is 25.1 Å². The number of imidazole rings is 1. The van der Waals surface area contributed by atoms with Crippen molar-refractivity contribution in [3.05, 3.63) is 59.9 Å². The number of rotatable bonds is 5. The van der Waals surface area contributed by atoms with Gasteiger partial charge in [-0.25, -0.2) is 4.98 Å². The summed E-state index contributed by atoms with van der Waals surface area (Å²) in [5.41, 5.74) is 7.44. The molecule has 2 aromatic heterocycles. The zero-order valence-electron chi connectivity index (χ0n) is 17.9. The van der Waals surface area contributed by atoms with Gasteiger partial charge >= 0.3 is 0 Å². The van der Waals surface area contributed by atoms with E-state index in [9.17, 15) is 5.11 Å². The Bertz CT molecular complexity index is 1330. The zero-order valence-corrected chi connectivity index (χ0v) is 17.9. The van der Waals surface area contributed by atoms with Gasteiger partial charge in [0.05, 0.1) is 36.7 Å². The van der Waals surface area contributed by atoms with Gasteiger partial charge in [-0.2, -0.15) is 5.10 Å². The fraction of sp³-hybridized carbons (Fsp3) is 0.280. The molecule has 0 saturated carbocycles. The van der Waals surface area contributed by atoms with Crippen LogP contribution >= 0.6 is 0 Å². The van der Waals surface area contributed by atoms with Crippen LogP contribution in [-0.4, -0.2) is 62.5 Å². The molecule has 2 aliphatic rings. The largest absolute Gasteiger partial charge is 0.508 e. The van der Waals surface area contributed by atoms with E-state index in [-0.39, 0.29) is 0 Å². The van der Waals surface area contributed by atoms with Crippen LogP contribution in [-0.2, 0) is 11.2 Å². The summed E-state index contributed by atoms with van der Waals surface area (Å²) in [5, 5.41) is 18.6. The number of aromatic amines is 2. The summed E-state index contributed by atoms with van der Waals surface area (Å²) < 4.78 is 5.33. The predicted octanol–water partition coefficient (Wildman–Crippen LogP) is 3.99. The Kier molecular flexibility index (Phi) is 4.59. The zero-order chi connectivity index (χ0) is 21.7. The summed E-state index contributed by atoms with van der Waals surface area (Å²) in [7, 11) is 0. The Hall–Kier alpha value is -3.42. The van der Waals surface area contributed by atoms with Crippen LogP contribution in [0, 0.1) is 0 Å². The summed E-state index contributed by atoms with van der Waals surface area (Å²) in [6.45, 7) is 5.65. The van der Waals surface area contributed by atoms with Crippen molar-refractivity contribution in [2.45, 2.75) is 19.4 Å². The molecule has 4 aromatic rings. The van der Waals surface area contributed by atoms with Crippen LogP contribution in [0.25, 0.3) is 39.1 Å². The molecule has 32 heavy (non-hydrogen) atoms. The van der Waals surface area contributed by atoms with Gasteiger partial charge in [0, 0.05) is 18.5 Å². The molecule has 0 aliphatic carbocycles. The van der Waals surface area contributed by atoms with Crippen LogP contribution in [0.1, 0.15) is 18.2 Å². The Morgan fingerprint density at radius 1 is 1.19 bits per heavy atom. The number of phenols is 1. The van der Waals surface area contributed by atoms with Crippen molar-refractivity contribution >= 4 is 16.5 Å². The lowest BCUT2D eigenvalue weighted by Crippen LogP contribution is -2.47. The van der Waals surface area contributed by atoms with E-state index in [4.69, 9.17) is 4.74 Å². The minimum absolute atomic E-state index is 0.297. The molecule has 0 unspecified atom stereocenters. The molecule has 3 N–H and O–H groups in total. The number of benzene rings is 2. The third-order valence-corrected chi connectivity index (χ3v) is 6.57. The topological polar surface area (TPSA) is 90.1 Å². The van der Waals surface area contributed by atoms with Crippen LogP contribution in [0.4, 0.5) is 0 Å². The van der Waals surface area contributed by atoms with E-state index in [0.717, 1.165) is 77.5 Å². The molecule has 0 atom stereocenters. The molecule has 0 amide bonds. The highest BCUT2D eigenvalue weighted by Gasteiger charge is 2.29. The van der Waals surface area contributed by atoms with Crippen LogP contribution < -0.4 is 0 Å². The van der Waals surface area contributed by atoms with E-state index in [1.807, 2.05) is 18.3 Å². The first-order valence-corrected chi connectivity index (χ1v) is 11.1. The number of nitrogens with zero attached hydrogens (tertiary/aromatic N) is 3. The van der Waals surface area contributed by atoms with Gasteiger partial charge in [0.15, 0.2) is 5.82 Å². The van der Waals surface area contributed by atoms with Gasteiger partial charge in [-0.05, 0) is 52.9 Å². The molecule has 4 heterocycles. The Balaban J connectivity index is 1.28. The number of hydrogen-bond donors (Lipinski definition) is 3. The predicted molar refractivity (Wildman–Crippen MR) is 124 cm³/mol. The minimum atomic E-state index is 0.297. The quantitative estimate of drug-likeness (QED) is 0.448. The lowest BCUT2D eigenvalue weighted by Gasteiger charge is -2.34. The number of nitrogens with one attached hydrogen (secondary N) is 2. The van der Waals surface area contributed by atoms with Crippen LogP contribution in [0.15, 0.2) is 48.7 Å². The molecule has 1 fully saturated rings. The van der Waals surface area contributed by atoms with Crippen molar-refractivity contribution in [3.8, 4) is 28.4 Å². The third-order valence-electron chi connectivity index (χ3n) is 6.57. The van der Waals surface area contributed by atoms with E-state index in [0.29, 0.717) is 11.8 Å². The van der Waals surface area contributed by atoms with Gasteiger partial charge in [-0.15, -0.1) is 0 Å². The second-order valence-electron chi connectivity index (χ2n) is 8.52. The standard InChI is InChI=1S/C25H25N5O2/c1-2-15-9-19(31)4-6-20(15)16-3-5-21-22(10-16)28-29-24(21)25-26-11-23(27-25)17-7-8-30(12-17)18-13-32-14-18/h3-7,9-11,18,31H,2,8,12-14H2,1H3,(H,26,27)(H,28,29). The minimum Gasteiger partial charge on any atom is -0.508 e. The van der Waals surface area contributed by atoms with Gasteiger partial charge in [0.2, 0.25) is 0 Å². The Morgan fingerprint density at radius 3 is 2.91 bits per heavy atom. The molecule has 0 spiro atoms. The molecule has 2 aromatic carbocycles. The number of aromatic nitrogens is 4. The lowest BCUT2D eigenvalue weighted by molar-refractivity contribution is -0.0547. The van der Waals surface area contributed by atoms with Crippen molar-refractivity contribution in [2.75, 3.05) is 26.3 Å². The maximum Gasteiger partial charge on any atom is 0.159 e. The van der Waals surface area contributed by atoms with Gasteiger partial charge in [-0.3, -0.25) is 10.00 Å². The SMILES string of the molecule is CCc1cc(O)ccc1-c1ccc2c(-c3ncc(C4=CCN(C5COC5)C4)[nH]3)n[nH]c2c1. The smallest absolute Gasteiger partial charge is 0.159 e. The lowest BCUT2D eigenvalue weighted by atomic mass is 9.97. The highest BCUT2D eigenvalue weighted by molar-refractivity contribution is 5.94. The molecule has 1 saturated heterocycles.